The molecule has 0 aliphatic heterocycles. The minimum absolute atomic E-state index is 0.114. The summed E-state index contributed by atoms with van der Waals surface area (Å²) in [6.45, 7) is 0. The Labute approximate surface area is 80.7 Å². The first-order chi connectivity index (χ1) is 6.27. The van der Waals surface area contributed by atoms with Gasteiger partial charge in [-0.25, -0.2) is 9.67 Å². The summed E-state index contributed by atoms with van der Waals surface area (Å²) < 4.78 is 1.70. The van der Waals surface area contributed by atoms with Crippen molar-refractivity contribution in [2.24, 2.45) is 7.05 Å². The Morgan fingerprint density at radius 2 is 2.54 bits per heavy atom. The van der Waals surface area contributed by atoms with Crippen molar-refractivity contribution in [3.8, 4) is 0 Å². The van der Waals surface area contributed by atoms with Crippen molar-refractivity contribution in [2.45, 2.75) is 29.7 Å². The highest BCUT2D eigenvalue weighted by atomic mass is 32.2. The van der Waals surface area contributed by atoms with E-state index in [9.17, 15) is 4.79 Å². The number of rotatable bonds is 2. The van der Waals surface area contributed by atoms with E-state index in [0.29, 0.717) is 5.78 Å². The molecule has 1 saturated carbocycles. The second-order valence-electron chi connectivity index (χ2n) is 3.13. The summed E-state index contributed by atoms with van der Waals surface area (Å²) in [4.78, 5) is 15.4. The van der Waals surface area contributed by atoms with Crippen molar-refractivity contribution in [3.05, 3.63) is 6.33 Å². The van der Waals surface area contributed by atoms with Crippen LogP contribution in [0, 0.1) is 0 Å². The van der Waals surface area contributed by atoms with Crippen molar-refractivity contribution in [1.82, 2.24) is 14.8 Å². The van der Waals surface area contributed by atoms with Crippen LogP contribution < -0.4 is 0 Å². The van der Waals surface area contributed by atoms with E-state index in [-0.39, 0.29) is 5.25 Å². The summed E-state index contributed by atoms with van der Waals surface area (Å²) in [6, 6.07) is 0. The van der Waals surface area contributed by atoms with Crippen LogP contribution in [0.15, 0.2) is 11.5 Å². The number of nitrogens with zero attached hydrogens (tertiary/aromatic N) is 3. The number of Topliss-reactive ketones (excluding diaryl/α,β-unsaturated/α-hetero) is 1. The molecular weight excluding hydrogens is 186 g/mol. The second-order valence-corrected chi connectivity index (χ2v) is 4.30. The van der Waals surface area contributed by atoms with Gasteiger partial charge in [0.25, 0.3) is 0 Å². The summed E-state index contributed by atoms with van der Waals surface area (Å²) >= 11 is 1.53. The first-order valence-electron chi connectivity index (χ1n) is 4.31. The molecule has 2 rings (SSSR count). The maximum absolute atomic E-state index is 11.3. The summed E-state index contributed by atoms with van der Waals surface area (Å²) in [5.41, 5.74) is 0. The Morgan fingerprint density at radius 1 is 1.69 bits per heavy atom. The fraction of sp³-hybridized carbons (Fsp3) is 0.625. The van der Waals surface area contributed by atoms with E-state index in [1.165, 1.54) is 18.1 Å². The molecule has 0 N–H and O–H groups in total. The largest absolute Gasteiger partial charge is 0.298 e. The first kappa shape index (κ1) is 8.74. The van der Waals surface area contributed by atoms with Crippen LogP contribution >= 0.6 is 11.8 Å². The monoisotopic (exact) mass is 197 g/mol. The predicted molar refractivity (Wildman–Crippen MR) is 49.5 cm³/mol. The molecule has 0 amide bonds. The number of aromatic nitrogens is 3. The van der Waals surface area contributed by atoms with Crippen LogP contribution in [0.25, 0.3) is 0 Å². The molecule has 1 aliphatic rings. The van der Waals surface area contributed by atoms with Gasteiger partial charge < -0.3 is 0 Å². The van der Waals surface area contributed by atoms with Crippen LogP contribution in [-0.2, 0) is 11.8 Å². The highest BCUT2D eigenvalue weighted by Gasteiger charge is 2.26. The zero-order valence-electron chi connectivity index (χ0n) is 7.43. The van der Waals surface area contributed by atoms with Gasteiger partial charge in [0, 0.05) is 13.5 Å². The molecular formula is C8H11N3OS. The number of ketones is 1. The number of hydrogen-bond acceptors (Lipinski definition) is 4. The third-order valence-corrected chi connectivity index (χ3v) is 3.53. The van der Waals surface area contributed by atoms with Gasteiger partial charge in [0.2, 0.25) is 0 Å². The van der Waals surface area contributed by atoms with Gasteiger partial charge >= 0.3 is 0 Å². The molecule has 70 valence electrons. The molecule has 1 atom stereocenters. The fourth-order valence-corrected chi connectivity index (χ4v) is 2.52. The fourth-order valence-electron chi connectivity index (χ4n) is 1.43. The topological polar surface area (TPSA) is 47.8 Å². The van der Waals surface area contributed by atoms with Gasteiger partial charge in [-0.1, -0.05) is 11.8 Å². The van der Waals surface area contributed by atoms with E-state index in [1.54, 1.807) is 4.68 Å². The standard InChI is InChI=1S/C8H11N3OS/c1-11-8(9-5-10-11)13-7-4-2-3-6(7)12/h5,7H,2-4H2,1H3. The Balaban J connectivity index is 2.06. The third kappa shape index (κ3) is 1.75. The second kappa shape index (κ2) is 3.49. The van der Waals surface area contributed by atoms with E-state index in [1.807, 2.05) is 7.05 Å². The van der Waals surface area contributed by atoms with E-state index >= 15 is 0 Å². The molecule has 0 bridgehead atoms. The lowest BCUT2D eigenvalue weighted by molar-refractivity contribution is -0.116. The average Bonchev–Trinajstić information content (AvgIpc) is 2.65. The lowest BCUT2D eigenvalue weighted by atomic mass is 10.3. The van der Waals surface area contributed by atoms with E-state index in [2.05, 4.69) is 10.1 Å². The molecule has 4 nitrogen and oxygen atoms in total. The van der Waals surface area contributed by atoms with E-state index in [0.717, 1.165) is 24.4 Å². The predicted octanol–water partition coefficient (Wildman–Crippen LogP) is 1.03. The number of carbonyl (C=O) groups excluding carboxylic acids is 1. The zero-order chi connectivity index (χ0) is 9.26. The summed E-state index contributed by atoms with van der Waals surface area (Å²) in [6.07, 6.45) is 4.25. The van der Waals surface area contributed by atoms with Crippen LogP contribution in [0.3, 0.4) is 0 Å². The summed E-state index contributed by atoms with van der Waals surface area (Å²) in [5, 5.41) is 4.90. The van der Waals surface area contributed by atoms with E-state index in [4.69, 9.17) is 0 Å². The lowest BCUT2D eigenvalue weighted by Gasteiger charge is -2.05. The zero-order valence-corrected chi connectivity index (χ0v) is 8.25. The molecule has 1 aromatic rings. The van der Waals surface area contributed by atoms with Crippen molar-refractivity contribution < 1.29 is 4.79 Å². The molecule has 13 heavy (non-hydrogen) atoms. The van der Waals surface area contributed by atoms with Gasteiger partial charge in [-0.2, -0.15) is 5.10 Å². The van der Waals surface area contributed by atoms with Crippen LogP contribution in [-0.4, -0.2) is 25.8 Å². The van der Waals surface area contributed by atoms with Crippen molar-refractivity contribution in [2.75, 3.05) is 0 Å². The molecule has 0 aromatic carbocycles. The van der Waals surface area contributed by atoms with Gasteiger partial charge in [-0.15, -0.1) is 0 Å². The Kier molecular flexibility index (Phi) is 2.35. The molecule has 5 heteroatoms. The Bertz CT molecular complexity index is 323. The average molecular weight is 197 g/mol. The molecule has 1 aromatic heterocycles. The third-order valence-electron chi connectivity index (χ3n) is 2.17. The van der Waals surface area contributed by atoms with E-state index < -0.39 is 0 Å². The van der Waals surface area contributed by atoms with Gasteiger partial charge in [0.05, 0.1) is 5.25 Å². The maximum atomic E-state index is 11.3. The Morgan fingerprint density at radius 3 is 3.08 bits per heavy atom. The van der Waals surface area contributed by atoms with Crippen LogP contribution in [0.1, 0.15) is 19.3 Å². The minimum atomic E-state index is 0.114. The number of thioether (sulfide) groups is 1. The quantitative estimate of drug-likeness (QED) is 0.710. The van der Waals surface area contributed by atoms with Crippen molar-refractivity contribution in [1.29, 1.82) is 0 Å². The molecule has 1 heterocycles. The van der Waals surface area contributed by atoms with Crippen LogP contribution in [0.2, 0.25) is 0 Å². The first-order valence-corrected chi connectivity index (χ1v) is 5.18. The molecule has 1 fully saturated rings. The van der Waals surface area contributed by atoms with Crippen LogP contribution in [0.5, 0.6) is 0 Å². The normalized spacial score (nSPS) is 22.5. The molecule has 1 unspecified atom stereocenters. The SMILES string of the molecule is Cn1ncnc1SC1CCCC1=O. The summed E-state index contributed by atoms with van der Waals surface area (Å²) in [7, 11) is 1.84. The van der Waals surface area contributed by atoms with Gasteiger partial charge in [0.1, 0.15) is 12.1 Å². The smallest absolute Gasteiger partial charge is 0.186 e. The number of carbonyl (C=O) groups is 1. The minimum Gasteiger partial charge on any atom is -0.298 e. The lowest BCUT2D eigenvalue weighted by Crippen LogP contribution is -2.09. The van der Waals surface area contributed by atoms with Gasteiger partial charge in [-0.05, 0) is 12.8 Å². The highest BCUT2D eigenvalue weighted by Crippen LogP contribution is 2.30. The number of aryl methyl sites for hydroxylation is 1. The summed E-state index contributed by atoms with van der Waals surface area (Å²) in [5.74, 6) is 0.355. The molecule has 0 saturated heterocycles. The van der Waals surface area contributed by atoms with Gasteiger partial charge in [-0.3, -0.25) is 4.79 Å². The highest BCUT2D eigenvalue weighted by molar-refractivity contribution is 8.00. The van der Waals surface area contributed by atoms with Crippen molar-refractivity contribution >= 4 is 17.5 Å². The molecule has 0 radical (unpaired) electrons. The molecule has 0 spiro atoms. The van der Waals surface area contributed by atoms with Gasteiger partial charge in [0.15, 0.2) is 5.16 Å². The van der Waals surface area contributed by atoms with Crippen molar-refractivity contribution in [3.63, 3.8) is 0 Å². The van der Waals surface area contributed by atoms with Crippen LogP contribution in [0.4, 0.5) is 0 Å². The molecule has 1 aliphatic carbocycles. The maximum Gasteiger partial charge on any atom is 0.186 e. The number of hydrogen-bond donors (Lipinski definition) is 0. The Hall–Kier alpha value is -0.840.